The largest absolute Gasteiger partial charge is 0.378 e. The fraction of sp³-hybridized carbons (Fsp3) is 0.333. The van der Waals surface area contributed by atoms with Crippen LogP contribution in [-0.4, -0.2) is 42.3 Å². The van der Waals surface area contributed by atoms with Gasteiger partial charge in [0.05, 0.1) is 0 Å². The summed E-state index contributed by atoms with van der Waals surface area (Å²) in [5, 5.41) is 0. The third kappa shape index (κ3) is 3.54. The van der Waals surface area contributed by atoms with Crippen molar-refractivity contribution in [1.82, 2.24) is 0 Å². The highest BCUT2D eigenvalue weighted by atomic mass is 15.1. The fourth-order valence-electron chi connectivity index (χ4n) is 4.59. The molecule has 3 nitrogen and oxygen atoms in total. The van der Waals surface area contributed by atoms with Crippen molar-refractivity contribution in [3.05, 3.63) is 89.5 Å². The van der Waals surface area contributed by atoms with Crippen LogP contribution < -0.4 is 14.7 Å². The van der Waals surface area contributed by atoms with Gasteiger partial charge in [0, 0.05) is 64.8 Å². The predicted molar refractivity (Wildman–Crippen MR) is 130 cm³/mol. The first kappa shape index (κ1) is 20.3. The van der Waals surface area contributed by atoms with Crippen molar-refractivity contribution >= 4 is 17.1 Å². The molecule has 1 atom stereocenters. The summed E-state index contributed by atoms with van der Waals surface area (Å²) in [7, 11) is 12.6. The van der Waals surface area contributed by atoms with E-state index in [1.54, 1.807) is 0 Å². The van der Waals surface area contributed by atoms with E-state index in [4.69, 9.17) is 0 Å². The Hall–Kier alpha value is -2.94. The highest BCUT2D eigenvalue weighted by molar-refractivity contribution is 5.59. The molecule has 0 spiro atoms. The van der Waals surface area contributed by atoms with Gasteiger partial charge in [0.2, 0.25) is 0 Å². The second-order valence-corrected chi connectivity index (χ2v) is 9.10. The van der Waals surface area contributed by atoms with Gasteiger partial charge in [-0.25, -0.2) is 0 Å². The Balaban J connectivity index is 1.74. The second-order valence-electron chi connectivity index (χ2n) is 9.10. The minimum absolute atomic E-state index is 0.0509. The van der Waals surface area contributed by atoms with Gasteiger partial charge in [0.25, 0.3) is 0 Å². The maximum Gasteiger partial charge on any atom is 0.0361 e. The van der Waals surface area contributed by atoms with Crippen LogP contribution in [0.2, 0.25) is 0 Å². The molecular weight excluding hydrogens is 366 g/mol. The van der Waals surface area contributed by atoms with E-state index < -0.39 is 0 Å². The number of benzene rings is 3. The van der Waals surface area contributed by atoms with Crippen molar-refractivity contribution in [2.75, 3.05) is 57.0 Å². The van der Waals surface area contributed by atoms with E-state index in [1.807, 2.05) is 0 Å². The van der Waals surface area contributed by atoms with Gasteiger partial charge in [0.15, 0.2) is 0 Å². The number of nitrogens with zero attached hydrogens (tertiary/aromatic N) is 3. The molecule has 0 amide bonds. The first-order chi connectivity index (χ1) is 14.3. The molecule has 0 aliphatic heterocycles. The molecule has 3 aromatic carbocycles. The van der Waals surface area contributed by atoms with Gasteiger partial charge in [-0.1, -0.05) is 36.4 Å². The van der Waals surface area contributed by atoms with Gasteiger partial charge in [-0.3, -0.25) is 0 Å². The van der Waals surface area contributed by atoms with E-state index in [1.165, 1.54) is 33.8 Å². The van der Waals surface area contributed by atoms with Crippen LogP contribution in [0.5, 0.6) is 0 Å². The molecule has 30 heavy (non-hydrogen) atoms. The Kier molecular flexibility index (Phi) is 5.23. The summed E-state index contributed by atoms with van der Waals surface area (Å²) in [6.07, 6.45) is 1.15. The van der Waals surface area contributed by atoms with Crippen LogP contribution in [0.1, 0.15) is 29.0 Å². The Bertz CT molecular complexity index is 932. The minimum atomic E-state index is 0.0509. The molecule has 1 fully saturated rings. The molecule has 4 rings (SSSR count). The highest BCUT2D eigenvalue weighted by Gasteiger charge is 2.56. The quantitative estimate of drug-likeness (QED) is 0.553. The maximum atomic E-state index is 2.32. The van der Waals surface area contributed by atoms with Crippen LogP contribution >= 0.6 is 0 Å². The zero-order valence-electron chi connectivity index (χ0n) is 19.1. The normalized spacial score (nSPS) is 16.8. The van der Waals surface area contributed by atoms with Crippen LogP contribution in [-0.2, 0) is 5.41 Å². The standard InChI is InChI=1S/C27H33N3/c1-28(2)23-13-7-20(8-14-23)26-19-27(26,21-9-15-24(16-10-21)29(3)4)22-11-17-25(18-12-22)30(5)6/h7-18,26H,19H2,1-6H3. The number of hydrogen-bond acceptors (Lipinski definition) is 3. The minimum Gasteiger partial charge on any atom is -0.378 e. The van der Waals surface area contributed by atoms with Crippen molar-refractivity contribution in [1.29, 1.82) is 0 Å². The fourth-order valence-corrected chi connectivity index (χ4v) is 4.59. The number of rotatable bonds is 6. The van der Waals surface area contributed by atoms with Gasteiger partial charge < -0.3 is 14.7 Å². The Labute approximate surface area is 181 Å². The predicted octanol–water partition coefficient (Wildman–Crippen LogP) is 5.36. The summed E-state index contributed by atoms with van der Waals surface area (Å²) in [5.41, 5.74) is 8.02. The molecule has 0 aromatic heterocycles. The van der Waals surface area contributed by atoms with Gasteiger partial charge in [-0.2, -0.15) is 0 Å². The molecule has 0 N–H and O–H groups in total. The lowest BCUT2D eigenvalue weighted by Crippen LogP contribution is -2.14. The van der Waals surface area contributed by atoms with E-state index in [-0.39, 0.29) is 5.41 Å². The topological polar surface area (TPSA) is 9.72 Å². The lowest BCUT2D eigenvalue weighted by atomic mass is 9.84. The summed E-state index contributed by atoms with van der Waals surface area (Å²) in [5.74, 6) is 0.504. The van der Waals surface area contributed by atoms with Gasteiger partial charge in [-0.15, -0.1) is 0 Å². The summed E-state index contributed by atoms with van der Waals surface area (Å²) >= 11 is 0. The number of anilines is 3. The first-order valence-corrected chi connectivity index (χ1v) is 10.7. The molecular formula is C27H33N3. The van der Waals surface area contributed by atoms with Crippen LogP contribution in [0, 0.1) is 0 Å². The lowest BCUT2D eigenvalue weighted by molar-refractivity contribution is 0.802. The second kappa shape index (κ2) is 7.71. The molecule has 0 saturated heterocycles. The van der Waals surface area contributed by atoms with E-state index in [9.17, 15) is 0 Å². The van der Waals surface area contributed by atoms with Crippen molar-refractivity contribution < 1.29 is 0 Å². The first-order valence-electron chi connectivity index (χ1n) is 10.7. The Morgan fingerprint density at radius 3 is 1.20 bits per heavy atom. The van der Waals surface area contributed by atoms with E-state index in [0.717, 1.165) is 6.42 Å². The average molecular weight is 400 g/mol. The van der Waals surface area contributed by atoms with Crippen molar-refractivity contribution in [3.8, 4) is 0 Å². The van der Waals surface area contributed by atoms with Gasteiger partial charge >= 0.3 is 0 Å². The third-order valence-electron chi connectivity index (χ3n) is 6.57. The van der Waals surface area contributed by atoms with E-state index in [0.29, 0.717) is 5.92 Å². The van der Waals surface area contributed by atoms with Crippen LogP contribution in [0.3, 0.4) is 0 Å². The maximum absolute atomic E-state index is 2.32. The molecule has 0 radical (unpaired) electrons. The SMILES string of the molecule is CN(C)c1ccc(C2CC2(c2ccc(N(C)C)cc2)c2ccc(N(C)C)cc2)cc1. The van der Waals surface area contributed by atoms with Crippen LogP contribution in [0.15, 0.2) is 72.8 Å². The summed E-state index contributed by atoms with van der Waals surface area (Å²) < 4.78 is 0. The highest BCUT2D eigenvalue weighted by Crippen LogP contribution is 2.64. The molecule has 3 aromatic rings. The number of hydrogen-bond donors (Lipinski definition) is 0. The van der Waals surface area contributed by atoms with Crippen molar-refractivity contribution in [2.45, 2.75) is 17.8 Å². The Morgan fingerprint density at radius 1 is 0.533 bits per heavy atom. The van der Waals surface area contributed by atoms with Crippen LogP contribution in [0.25, 0.3) is 0 Å². The molecule has 0 heterocycles. The lowest BCUT2D eigenvalue weighted by Gasteiger charge is -2.22. The smallest absolute Gasteiger partial charge is 0.0361 e. The van der Waals surface area contributed by atoms with E-state index in [2.05, 4.69) is 130 Å². The zero-order chi connectivity index (χ0) is 21.5. The van der Waals surface area contributed by atoms with Gasteiger partial charge in [-0.05, 0) is 65.4 Å². The summed E-state index contributed by atoms with van der Waals surface area (Å²) in [4.78, 5) is 6.48. The molecule has 156 valence electrons. The van der Waals surface area contributed by atoms with Gasteiger partial charge in [0.1, 0.15) is 0 Å². The average Bonchev–Trinajstić information content (AvgIpc) is 3.51. The Morgan fingerprint density at radius 2 is 0.867 bits per heavy atom. The molecule has 1 unspecified atom stereocenters. The zero-order valence-corrected chi connectivity index (χ0v) is 19.1. The molecule has 1 saturated carbocycles. The molecule has 1 aliphatic carbocycles. The van der Waals surface area contributed by atoms with Crippen molar-refractivity contribution in [3.63, 3.8) is 0 Å². The molecule has 1 aliphatic rings. The molecule has 3 heteroatoms. The van der Waals surface area contributed by atoms with Crippen LogP contribution in [0.4, 0.5) is 17.1 Å². The summed E-state index contributed by atoms with van der Waals surface area (Å²) in [6.45, 7) is 0. The van der Waals surface area contributed by atoms with Crippen molar-refractivity contribution in [2.24, 2.45) is 0 Å². The third-order valence-corrected chi connectivity index (χ3v) is 6.57. The van der Waals surface area contributed by atoms with E-state index >= 15 is 0 Å². The summed E-state index contributed by atoms with van der Waals surface area (Å²) in [6, 6.07) is 27.4. The molecule has 0 bridgehead atoms. The monoisotopic (exact) mass is 399 g/mol.